The molecule has 2 aromatic carbocycles. The summed E-state index contributed by atoms with van der Waals surface area (Å²) in [7, 11) is 0. The van der Waals surface area contributed by atoms with Crippen LogP contribution in [0.4, 0.5) is 11.4 Å². The van der Waals surface area contributed by atoms with E-state index in [0.717, 1.165) is 26.9 Å². The monoisotopic (exact) mass is 332 g/mol. The Balaban J connectivity index is 2.32. The maximum atomic E-state index is 12.3. The maximum Gasteiger partial charge on any atom is 0.255 e. The minimum atomic E-state index is -0.145. The van der Waals surface area contributed by atoms with Gasteiger partial charge in [-0.15, -0.1) is 0 Å². The van der Waals surface area contributed by atoms with E-state index >= 15 is 0 Å². The standard InChI is InChI=1S/C16H17BrN2O/c1-9-4-12(8-14(18)5-9)16(20)19-15-10(2)6-13(17)7-11(15)3/h4-8H,18H2,1-3H3,(H,19,20). The molecule has 2 aromatic rings. The van der Waals surface area contributed by atoms with Crippen LogP contribution >= 0.6 is 15.9 Å². The van der Waals surface area contributed by atoms with Gasteiger partial charge in [-0.1, -0.05) is 15.9 Å². The molecule has 2 rings (SSSR count). The number of benzene rings is 2. The van der Waals surface area contributed by atoms with Gasteiger partial charge in [0.2, 0.25) is 0 Å². The minimum Gasteiger partial charge on any atom is -0.399 e. The average Bonchev–Trinajstić information content (AvgIpc) is 2.32. The number of rotatable bonds is 2. The number of amides is 1. The third kappa shape index (κ3) is 3.20. The van der Waals surface area contributed by atoms with Crippen molar-refractivity contribution < 1.29 is 4.79 Å². The highest BCUT2D eigenvalue weighted by atomic mass is 79.9. The summed E-state index contributed by atoms with van der Waals surface area (Å²) in [6, 6.07) is 9.31. The van der Waals surface area contributed by atoms with Crippen LogP contribution in [0.5, 0.6) is 0 Å². The molecule has 0 fully saturated rings. The van der Waals surface area contributed by atoms with Gasteiger partial charge in [-0.05, 0) is 67.8 Å². The molecule has 0 spiro atoms. The van der Waals surface area contributed by atoms with Crippen LogP contribution in [-0.2, 0) is 0 Å². The first kappa shape index (κ1) is 14.6. The number of nitrogens with two attached hydrogens (primary N) is 1. The van der Waals surface area contributed by atoms with E-state index in [1.165, 1.54) is 0 Å². The van der Waals surface area contributed by atoms with Crippen molar-refractivity contribution in [2.75, 3.05) is 11.1 Å². The first-order chi connectivity index (χ1) is 9.36. The maximum absolute atomic E-state index is 12.3. The van der Waals surface area contributed by atoms with E-state index in [9.17, 15) is 4.79 Å². The van der Waals surface area contributed by atoms with Crippen molar-refractivity contribution in [2.24, 2.45) is 0 Å². The van der Waals surface area contributed by atoms with Crippen molar-refractivity contribution in [3.8, 4) is 0 Å². The van der Waals surface area contributed by atoms with E-state index in [0.29, 0.717) is 11.3 Å². The van der Waals surface area contributed by atoms with E-state index in [4.69, 9.17) is 5.73 Å². The van der Waals surface area contributed by atoms with Gasteiger partial charge in [-0.25, -0.2) is 0 Å². The molecule has 0 atom stereocenters. The largest absolute Gasteiger partial charge is 0.399 e. The van der Waals surface area contributed by atoms with Gasteiger partial charge >= 0.3 is 0 Å². The fourth-order valence-electron chi connectivity index (χ4n) is 2.24. The Morgan fingerprint density at radius 3 is 2.20 bits per heavy atom. The lowest BCUT2D eigenvalue weighted by Crippen LogP contribution is -2.14. The van der Waals surface area contributed by atoms with E-state index in [1.807, 2.05) is 45.0 Å². The summed E-state index contributed by atoms with van der Waals surface area (Å²) in [4.78, 5) is 12.3. The molecule has 20 heavy (non-hydrogen) atoms. The van der Waals surface area contributed by atoms with Gasteiger partial charge < -0.3 is 11.1 Å². The molecule has 0 unspecified atom stereocenters. The van der Waals surface area contributed by atoms with Crippen molar-refractivity contribution >= 4 is 33.2 Å². The molecule has 0 heterocycles. The zero-order valence-corrected chi connectivity index (χ0v) is 13.3. The molecule has 4 heteroatoms. The van der Waals surface area contributed by atoms with E-state index in [-0.39, 0.29) is 5.91 Å². The lowest BCUT2D eigenvalue weighted by atomic mass is 10.1. The number of anilines is 2. The van der Waals surface area contributed by atoms with E-state index in [2.05, 4.69) is 21.2 Å². The first-order valence-electron chi connectivity index (χ1n) is 6.32. The zero-order chi connectivity index (χ0) is 14.9. The van der Waals surface area contributed by atoms with Crippen LogP contribution in [0, 0.1) is 20.8 Å². The lowest BCUT2D eigenvalue weighted by molar-refractivity contribution is 0.102. The number of hydrogen-bond acceptors (Lipinski definition) is 2. The summed E-state index contributed by atoms with van der Waals surface area (Å²) in [5, 5.41) is 2.96. The number of carbonyl (C=O) groups is 1. The van der Waals surface area contributed by atoms with Crippen molar-refractivity contribution in [2.45, 2.75) is 20.8 Å². The summed E-state index contributed by atoms with van der Waals surface area (Å²) in [5.41, 5.74) is 10.8. The van der Waals surface area contributed by atoms with Crippen LogP contribution in [0.1, 0.15) is 27.0 Å². The summed E-state index contributed by atoms with van der Waals surface area (Å²) >= 11 is 3.45. The third-order valence-corrected chi connectivity index (χ3v) is 3.56. The summed E-state index contributed by atoms with van der Waals surface area (Å²) in [6.45, 7) is 5.86. The average molecular weight is 333 g/mol. The fourth-order valence-corrected chi connectivity index (χ4v) is 2.92. The second-order valence-electron chi connectivity index (χ2n) is 5.00. The molecule has 0 saturated heterocycles. The van der Waals surface area contributed by atoms with Gasteiger partial charge in [0.15, 0.2) is 0 Å². The molecular formula is C16H17BrN2O. The highest BCUT2D eigenvalue weighted by Gasteiger charge is 2.11. The smallest absolute Gasteiger partial charge is 0.255 e. The van der Waals surface area contributed by atoms with Crippen LogP contribution in [0.2, 0.25) is 0 Å². The van der Waals surface area contributed by atoms with Crippen molar-refractivity contribution in [3.63, 3.8) is 0 Å². The number of halogens is 1. The molecule has 0 bridgehead atoms. The minimum absolute atomic E-state index is 0.145. The highest BCUT2D eigenvalue weighted by Crippen LogP contribution is 2.25. The van der Waals surface area contributed by atoms with Gasteiger partial charge in [0.25, 0.3) is 5.91 Å². The number of carbonyl (C=O) groups excluding carboxylic acids is 1. The molecule has 0 aromatic heterocycles. The number of aryl methyl sites for hydroxylation is 3. The Hall–Kier alpha value is -1.81. The fraction of sp³-hybridized carbons (Fsp3) is 0.188. The quantitative estimate of drug-likeness (QED) is 0.809. The summed E-state index contributed by atoms with van der Waals surface area (Å²) < 4.78 is 1.00. The molecule has 0 aliphatic carbocycles. The molecular weight excluding hydrogens is 316 g/mol. The molecule has 0 aliphatic heterocycles. The number of hydrogen-bond donors (Lipinski definition) is 2. The van der Waals surface area contributed by atoms with Crippen molar-refractivity contribution in [3.05, 3.63) is 57.1 Å². The van der Waals surface area contributed by atoms with Crippen LogP contribution in [0.15, 0.2) is 34.8 Å². The Kier molecular flexibility index (Phi) is 4.14. The normalized spacial score (nSPS) is 10.4. The Morgan fingerprint density at radius 1 is 1.05 bits per heavy atom. The Morgan fingerprint density at radius 2 is 1.65 bits per heavy atom. The lowest BCUT2D eigenvalue weighted by Gasteiger charge is -2.13. The van der Waals surface area contributed by atoms with E-state index < -0.39 is 0 Å². The Bertz CT molecular complexity index is 637. The topological polar surface area (TPSA) is 55.1 Å². The molecule has 0 aliphatic rings. The highest BCUT2D eigenvalue weighted by molar-refractivity contribution is 9.10. The predicted octanol–water partition coefficient (Wildman–Crippen LogP) is 4.21. The molecule has 3 N–H and O–H groups in total. The van der Waals surface area contributed by atoms with Crippen LogP contribution in [0.3, 0.4) is 0 Å². The molecule has 3 nitrogen and oxygen atoms in total. The molecule has 104 valence electrons. The third-order valence-electron chi connectivity index (χ3n) is 3.10. The summed E-state index contributed by atoms with van der Waals surface area (Å²) in [5.74, 6) is -0.145. The van der Waals surface area contributed by atoms with E-state index in [1.54, 1.807) is 6.07 Å². The van der Waals surface area contributed by atoms with Gasteiger partial charge in [0.1, 0.15) is 0 Å². The molecule has 0 saturated carbocycles. The summed E-state index contributed by atoms with van der Waals surface area (Å²) in [6.07, 6.45) is 0. The number of nitrogens with one attached hydrogen (secondary N) is 1. The zero-order valence-electron chi connectivity index (χ0n) is 11.8. The Labute approximate surface area is 127 Å². The second-order valence-corrected chi connectivity index (χ2v) is 5.92. The van der Waals surface area contributed by atoms with Crippen LogP contribution in [-0.4, -0.2) is 5.91 Å². The first-order valence-corrected chi connectivity index (χ1v) is 7.11. The molecule has 1 amide bonds. The van der Waals surface area contributed by atoms with Crippen molar-refractivity contribution in [1.82, 2.24) is 0 Å². The molecule has 0 radical (unpaired) electrons. The van der Waals surface area contributed by atoms with Gasteiger partial charge in [0, 0.05) is 21.4 Å². The predicted molar refractivity (Wildman–Crippen MR) is 87.2 cm³/mol. The SMILES string of the molecule is Cc1cc(N)cc(C(=O)Nc2c(C)cc(Br)cc2C)c1. The van der Waals surface area contributed by atoms with Crippen LogP contribution in [0.25, 0.3) is 0 Å². The van der Waals surface area contributed by atoms with Gasteiger partial charge in [-0.3, -0.25) is 4.79 Å². The number of nitrogen functional groups attached to an aromatic ring is 1. The van der Waals surface area contributed by atoms with Gasteiger partial charge in [0.05, 0.1) is 0 Å². The second kappa shape index (κ2) is 5.67. The van der Waals surface area contributed by atoms with Gasteiger partial charge in [-0.2, -0.15) is 0 Å². The van der Waals surface area contributed by atoms with Crippen LogP contribution < -0.4 is 11.1 Å². The van der Waals surface area contributed by atoms with Crippen molar-refractivity contribution in [1.29, 1.82) is 0 Å².